The van der Waals surface area contributed by atoms with Crippen molar-refractivity contribution in [3.8, 4) is 11.8 Å². The molecule has 0 spiro atoms. The molecule has 0 fully saturated rings. The van der Waals surface area contributed by atoms with Gasteiger partial charge in [-0.1, -0.05) is 18.2 Å². The van der Waals surface area contributed by atoms with Gasteiger partial charge in [-0.3, -0.25) is 4.79 Å². The molecule has 0 bridgehead atoms. The van der Waals surface area contributed by atoms with Gasteiger partial charge < -0.3 is 15.0 Å². The lowest BCUT2D eigenvalue weighted by Crippen LogP contribution is -2.12. The summed E-state index contributed by atoms with van der Waals surface area (Å²) in [5.74, 6) is -0.486. The van der Waals surface area contributed by atoms with Gasteiger partial charge in [-0.2, -0.15) is 5.26 Å². The van der Waals surface area contributed by atoms with Crippen LogP contribution in [0.3, 0.4) is 0 Å². The predicted octanol–water partition coefficient (Wildman–Crippen LogP) is 3.25. The topological polar surface area (TPSA) is 81.0 Å². The normalized spacial score (nSPS) is 11.3. The van der Waals surface area contributed by atoms with Crippen LogP contribution in [0, 0.1) is 17.1 Å². The minimum Gasteiger partial charge on any atom is -0.492 e. The molecule has 0 atom stereocenters. The zero-order valence-electron chi connectivity index (χ0n) is 13.9. The number of primary amides is 1. The van der Waals surface area contributed by atoms with Crippen LogP contribution in [-0.4, -0.2) is 17.1 Å². The van der Waals surface area contributed by atoms with E-state index in [1.807, 2.05) is 41.1 Å². The van der Waals surface area contributed by atoms with Crippen LogP contribution in [0.2, 0.25) is 0 Å². The molecule has 0 aliphatic rings. The highest BCUT2D eigenvalue weighted by Gasteiger charge is 2.10. The molecule has 0 radical (unpaired) electrons. The smallest absolute Gasteiger partial charge is 0.259 e. The number of halogens is 1. The Labute approximate surface area is 149 Å². The monoisotopic (exact) mass is 349 g/mol. The standard InChI is InChI=1S/C20H16FN3O2/c21-16-5-7-17(8-6-16)26-10-9-24-13-15(11-14(12-22)20(23)25)18-3-1-2-4-19(18)24/h1-8,11,13H,9-10H2,(H2,23,25)/b14-11+. The zero-order chi connectivity index (χ0) is 18.5. The van der Waals surface area contributed by atoms with Gasteiger partial charge in [0.05, 0.1) is 6.54 Å². The fraction of sp³-hybridized carbons (Fsp3) is 0.100. The number of para-hydroxylation sites is 1. The number of ether oxygens (including phenoxy) is 1. The minimum atomic E-state index is -0.760. The molecule has 3 aromatic rings. The van der Waals surface area contributed by atoms with Gasteiger partial charge in [0.15, 0.2) is 0 Å². The van der Waals surface area contributed by atoms with Crippen LogP contribution in [0.4, 0.5) is 4.39 Å². The Bertz CT molecular complexity index is 1010. The predicted molar refractivity (Wildman–Crippen MR) is 96.6 cm³/mol. The van der Waals surface area contributed by atoms with Crippen molar-refractivity contribution in [3.63, 3.8) is 0 Å². The Morgan fingerprint density at radius 1 is 1.23 bits per heavy atom. The summed E-state index contributed by atoms with van der Waals surface area (Å²) in [5.41, 5.74) is 6.80. The molecule has 5 nitrogen and oxygen atoms in total. The van der Waals surface area contributed by atoms with Crippen LogP contribution in [0.5, 0.6) is 5.75 Å². The average molecular weight is 349 g/mol. The molecular weight excluding hydrogens is 333 g/mol. The molecule has 0 saturated heterocycles. The van der Waals surface area contributed by atoms with Crippen LogP contribution >= 0.6 is 0 Å². The van der Waals surface area contributed by atoms with Crippen LogP contribution < -0.4 is 10.5 Å². The second-order valence-electron chi connectivity index (χ2n) is 5.63. The summed E-state index contributed by atoms with van der Waals surface area (Å²) in [5, 5.41) is 9.96. The van der Waals surface area contributed by atoms with E-state index < -0.39 is 5.91 Å². The maximum atomic E-state index is 12.9. The molecule has 1 aromatic heterocycles. The molecule has 0 aliphatic carbocycles. The van der Waals surface area contributed by atoms with Crippen molar-refractivity contribution in [1.82, 2.24) is 4.57 Å². The van der Waals surface area contributed by atoms with Crippen molar-refractivity contribution in [2.45, 2.75) is 6.54 Å². The summed E-state index contributed by atoms with van der Waals surface area (Å²) < 4.78 is 20.5. The number of carbonyl (C=O) groups excluding carboxylic acids is 1. The molecule has 3 rings (SSSR count). The molecule has 0 aliphatic heterocycles. The number of hydrogen-bond acceptors (Lipinski definition) is 3. The Kier molecular flexibility index (Phi) is 4.99. The lowest BCUT2D eigenvalue weighted by Gasteiger charge is -2.08. The first-order chi connectivity index (χ1) is 12.6. The molecule has 2 aromatic carbocycles. The third kappa shape index (κ3) is 3.73. The Balaban J connectivity index is 1.84. The number of aromatic nitrogens is 1. The third-order valence-electron chi connectivity index (χ3n) is 3.92. The number of fused-ring (bicyclic) bond motifs is 1. The van der Waals surface area contributed by atoms with Crippen LogP contribution in [0.15, 0.2) is 60.3 Å². The van der Waals surface area contributed by atoms with E-state index in [0.29, 0.717) is 18.9 Å². The summed E-state index contributed by atoms with van der Waals surface area (Å²) in [6.07, 6.45) is 3.33. The molecule has 0 saturated carbocycles. The number of carbonyl (C=O) groups is 1. The van der Waals surface area contributed by atoms with Gasteiger partial charge in [0.25, 0.3) is 5.91 Å². The molecular formula is C20H16FN3O2. The lowest BCUT2D eigenvalue weighted by atomic mass is 10.1. The molecule has 2 N–H and O–H groups in total. The van der Waals surface area contributed by atoms with E-state index in [-0.39, 0.29) is 11.4 Å². The van der Waals surface area contributed by atoms with Gasteiger partial charge in [-0.05, 0) is 36.4 Å². The minimum absolute atomic E-state index is 0.101. The van der Waals surface area contributed by atoms with Crippen molar-refractivity contribution < 1.29 is 13.9 Å². The van der Waals surface area contributed by atoms with Crippen molar-refractivity contribution in [2.24, 2.45) is 5.73 Å². The van der Waals surface area contributed by atoms with Crippen LogP contribution in [-0.2, 0) is 11.3 Å². The number of nitrogens with zero attached hydrogens (tertiary/aromatic N) is 2. The number of amides is 1. The van der Waals surface area contributed by atoms with Gasteiger partial charge >= 0.3 is 0 Å². The molecule has 0 unspecified atom stereocenters. The van der Waals surface area contributed by atoms with E-state index in [2.05, 4.69) is 0 Å². The molecule has 1 amide bonds. The molecule has 6 heteroatoms. The summed E-state index contributed by atoms with van der Waals surface area (Å²) in [6.45, 7) is 0.929. The largest absolute Gasteiger partial charge is 0.492 e. The quantitative estimate of drug-likeness (QED) is 0.548. The number of hydrogen-bond donors (Lipinski definition) is 1. The highest BCUT2D eigenvalue weighted by Crippen LogP contribution is 2.23. The summed E-state index contributed by atoms with van der Waals surface area (Å²) >= 11 is 0. The van der Waals surface area contributed by atoms with E-state index in [0.717, 1.165) is 16.5 Å². The van der Waals surface area contributed by atoms with Gasteiger partial charge in [0, 0.05) is 22.7 Å². The lowest BCUT2D eigenvalue weighted by molar-refractivity contribution is -0.114. The van der Waals surface area contributed by atoms with E-state index in [9.17, 15) is 9.18 Å². The average Bonchev–Trinajstić information content (AvgIpc) is 2.99. The van der Waals surface area contributed by atoms with E-state index >= 15 is 0 Å². The molecule has 1 heterocycles. The van der Waals surface area contributed by atoms with Crippen molar-refractivity contribution in [2.75, 3.05) is 6.61 Å². The maximum absolute atomic E-state index is 12.9. The Morgan fingerprint density at radius 3 is 2.65 bits per heavy atom. The summed E-state index contributed by atoms with van der Waals surface area (Å²) in [6, 6.07) is 15.3. The van der Waals surface area contributed by atoms with Crippen molar-refractivity contribution >= 4 is 22.9 Å². The fourth-order valence-corrected chi connectivity index (χ4v) is 2.68. The Hall–Kier alpha value is -3.59. The van der Waals surface area contributed by atoms with Gasteiger partial charge in [0.2, 0.25) is 0 Å². The van der Waals surface area contributed by atoms with E-state index in [1.165, 1.54) is 18.2 Å². The van der Waals surface area contributed by atoms with Crippen molar-refractivity contribution in [3.05, 3.63) is 71.7 Å². The highest BCUT2D eigenvalue weighted by molar-refractivity contribution is 6.03. The maximum Gasteiger partial charge on any atom is 0.259 e. The first-order valence-electron chi connectivity index (χ1n) is 7.96. The number of rotatable bonds is 6. The van der Waals surface area contributed by atoms with Gasteiger partial charge in [0.1, 0.15) is 29.8 Å². The number of nitrogens with two attached hydrogens (primary N) is 1. The Morgan fingerprint density at radius 2 is 1.96 bits per heavy atom. The number of nitriles is 1. The van der Waals surface area contributed by atoms with Crippen molar-refractivity contribution in [1.29, 1.82) is 5.26 Å². The number of benzene rings is 2. The summed E-state index contributed by atoms with van der Waals surface area (Å²) in [4.78, 5) is 11.3. The second kappa shape index (κ2) is 7.53. The van der Waals surface area contributed by atoms with E-state index in [1.54, 1.807) is 12.1 Å². The first-order valence-corrected chi connectivity index (χ1v) is 7.96. The SMILES string of the molecule is N#C/C(=C\c1cn(CCOc2ccc(F)cc2)c2ccccc12)C(N)=O. The van der Waals surface area contributed by atoms with Crippen LogP contribution in [0.1, 0.15) is 5.56 Å². The summed E-state index contributed by atoms with van der Waals surface area (Å²) in [7, 11) is 0. The molecule has 130 valence electrons. The fourth-order valence-electron chi connectivity index (χ4n) is 2.68. The third-order valence-corrected chi connectivity index (χ3v) is 3.92. The first kappa shape index (κ1) is 17.2. The van der Waals surface area contributed by atoms with Crippen LogP contribution in [0.25, 0.3) is 17.0 Å². The van der Waals surface area contributed by atoms with E-state index in [4.69, 9.17) is 15.7 Å². The van der Waals surface area contributed by atoms with Gasteiger partial charge in [-0.25, -0.2) is 4.39 Å². The highest BCUT2D eigenvalue weighted by atomic mass is 19.1. The zero-order valence-corrected chi connectivity index (χ0v) is 13.9. The molecule has 26 heavy (non-hydrogen) atoms. The second-order valence-corrected chi connectivity index (χ2v) is 5.63. The van der Waals surface area contributed by atoms with Gasteiger partial charge in [-0.15, -0.1) is 0 Å².